The maximum absolute atomic E-state index is 9.60. The number of nitriles is 1. The predicted octanol–water partition coefficient (Wildman–Crippen LogP) is 5.80. The Kier molecular flexibility index (Phi) is 5.41. The number of nitrogens with one attached hydrogen (secondary N) is 1. The number of aromatic nitrogens is 2. The number of ether oxygens (including phenoxy) is 1. The molecule has 0 aliphatic rings. The van der Waals surface area contributed by atoms with Crippen LogP contribution in [0, 0.1) is 11.3 Å². The van der Waals surface area contributed by atoms with E-state index in [4.69, 9.17) is 4.74 Å². The van der Waals surface area contributed by atoms with Crippen molar-refractivity contribution in [2.24, 2.45) is 0 Å². The Hall–Kier alpha value is -3.49. The summed E-state index contributed by atoms with van der Waals surface area (Å²) >= 11 is 1.31. The number of aromatic amines is 1. The molecule has 3 aromatic carbocycles. The van der Waals surface area contributed by atoms with Gasteiger partial charge in [0.15, 0.2) is 5.16 Å². The van der Waals surface area contributed by atoms with Crippen LogP contribution in [-0.2, 0) is 6.61 Å². The summed E-state index contributed by atoms with van der Waals surface area (Å²) in [5.41, 5.74) is 3.79. The molecular weight excluding hydrogens is 366 g/mol. The number of hydrogen-bond donors (Lipinski definition) is 1. The normalized spacial score (nSPS) is 11.3. The van der Waals surface area contributed by atoms with Gasteiger partial charge in [-0.15, -0.1) is 0 Å². The molecule has 0 saturated heterocycles. The number of H-pyrrole nitrogens is 1. The van der Waals surface area contributed by atoms with Crippen molar-refractivity contribution < 1.29 is 4.74 Å². The standard InChI is InChI=1S/C23H17N3OS/c24-15-19(28-23-25-20-11-5-6-12-21(20)26-23)14-18-10-4-7-13-22(18)27-16-17-8-2-1-3-9-17/h1-14H,16H2,(H,25,26)/b19-14-. The minimum Gasteiger partial charge on any atom is -0.488 e. The molecule has 1 aromatic heterocycles. The first-order chi connectivity index (χ1) is 13.8. The Morgan fingerprint density at radius 2 is 1.75 bits per heavy atom. The zero-order chi connectivity index (χ0) is 19.2. The van der Waals surface area contributed by atoms with Gasteiger partial charge in [0.05, 0.1) is 15.9 Å². The van der Waals surface area contributed by atoms with Gasteiger partial charge in [-0.2, -0.15) is 5.26 Å². The average molecular weight is 383 g/mol. The zero-order valence-electron chi connectivity index (χ0n) is 15.0. The Balaban J connectivity index is 1.55. The van der Waals surface area contributed by atoms with Gasteiger partial charge >= 0.3 is 0 Å². The highest BCUT2D eigenvalue weighted by Gasteiger charge is 2.08. The van der Waals surface area contributed by atoms with Crippen LogP contribution in [0.1, 0.15) is 11.1 Å². The minimum absolute atomic E-state index is 0.476. The predicted molar refractivity (Wildman–Crippen MR) is 113 cm³/mol. The van der Waals surface area contributed by atoms with E-state index >= 15 is 0 Å². The molecule has 4 nitrogen and oxygen atoms in total. The van der Waals surface area contributed by atoms with Gasteiger partial charge in [-0.3, -0.25) is 0 Å². The van der Waals surface area contributed by atoms with Gasteiger partial charge in [0.1, 0.15) is 18.4 Å². The number of allylic oxidation sites excluding steroid dienone is 1. The topological polar surface area (TPSA) is 61.7 Å². The quantitative estimate of drug-likeness (QED) is 0.338. The van der Waals surface area contributed by atoms with E-state index in [2.05, 4.69) is 16.0 Å². The summed E-state index contributed by atoms with van der Waals surface area (Å²) in [4.78, 5) is 8.30. The molecule has 0 aliphatic carbocycles. The molecule has 4 aromatic rings. The monoisotopic (exact) mass is 383 g/mol. The molecule has 0 amide bonds. The number of benzene rings is 3. The lowest BCUT2D eigenvalue weighted by molar-refractivity contribution is 0.305. The van der Waals surface area contributed by atoms with Crippen molar-refractivity contribution in [3.63, 3.8) is 0 Å². The molecule has 28 heavy (non-hydrogen) atoms. The van der Waals surface area contributed by atoms with Gasteiger partial charge < -0.3 is 9.72 Å². The molecule has 136 valence electrons. The second kappa shape index (κ2) is 8.47. The second-order valence-corrected chi connectivity index (χ2v) is 7.12. The molecule has 0 saturated carbocycles. The lowest BCUT2D eigenvalue weighted by Gasteiger charge is -2.09. The van der Waals surface area contributed by atoms with Crippen molar-refractivity contribution in [1.29, 1.82) is 5.26 Å². The Morgan fingerprint density at radius 1 is 1.00 bits per heavy atom. The van der Waals surface area contributed by atoms with Crippen molar-refractivity contribution in [1.82, 2.24) is 9.97 Å². The van der Waals surface area contributed by atoms with E-state index < -0.39 is 0 Å². The lowest BCUT2D eigenvalue weighted by Crippen LogP contribution is -1.96. The maximum Gasteiger partial charge on any atom is 0.171 e. The summed E-state index contributed by atoms with van der Waals surface area (Å²) in [5.74, 6) is 0.740. The molecule has 0 fully saturated rings. The van der Waals surface area contributed by atoms with Crippen molar-refractivity contribution in [3.8, 4) is 11.8 Å². The number of thioether (sulfide) groups is 1. The van der Waals surface area contributed by atoms with Crippen LogP contribution in [0.5, 0.6) is 5.75 Å². The van der Waals surface area contributed by atoms with E-state index in [0.29, 0.717) is 16.7 Å². The van der Waals surface area contributed by atoms with E-state index in [9.17, 15) is 5.26 Å². The van der Waals surface area contributed by atoms with E-state index in [-0.39, 0.29) is 0 Å². The van der Waals surface area contributed by atoms with E-state index in [1.807, 2.05) is 84.9 Å². The van der Waals surface area contributed by atoms with Crippen LogP contribution < -0.4 is 4.74 Å². The Bertz CT molecular complexity index is 1130. The molecule has 1 N–H and O–H groups in total. The van der Waals surface area contributed by atoms with Crippen LogP contribution in [0.15, 0.2) is 88.9 Å². The van der Waals surface area contributed by atoms with Crippen LogP contribution in [0.3, 0.4) is 0 Å². The van der Waals surface area contributed by atoms with Crippen LogP contribution >= 0.6 is 11.8 Å². The third-order valence-corrected chi connectivity index (χ3v) is 4.94. The number of nitrogens with zero attached hydrogens (tertiary/aromatic N) is 2. The summed E-state index contributed by atoms with van der Waals surface area (Å²) in [6, 6.07) is 27.8. The van der Waals surface area contributed by atoms with Gasteiger partial charge in [-0.05, 0) is 41.6 Å². The van der Waals surface area contributed by atoms with Gasteiger partial charge in [-0.1, -0.05) is 60.7 Å². The summed E-state index contributed by atoms with van der Waals surface area (Å²) in [6.45, 7) is 0.476. The number of fused-ring (bicyclic) bond motifs is 1. The highest BCUT2D eigenvalue weighted by atomic mass is 32.2. The molecule has 0 atom stereocenters. The number of para-hydroxylation sites is 3. The number of rotatable bonds is 6. The van der Waals surface area contributed by atoms with Crippen molar-refractivity contribution in [2.45, 2.75) is 11.8 Å². The van der Waals surface area contributed by atoms with Crippen LogP contribution in [0.2, 0.25) is 0 Å². The van der Waals surface area contributed by atoms with Gasteiger partial charge in [0.25, 0.3) is 0 Å². The van der Waals surface area contributed by atoms with Crippen molar-refractivity contribution >= 4 is 28.9 Å². The third-order valence-electron chi connectivity index (χ3n) is 4.13. The second-order valence-electron chi connectivity index (χ2n) is 6.09. The molecular formula is C23H17N3OS. The van der Waals surface area contributed by atoms with Gasteiger partial charge in [0, 0.05) is 5.56 Å². The fourth-order valence-corrected chi connectivity index (χ4v) is 3.52. The van der Waals surface area contributed by atoms with E-state index in [0.717, 1.165) is 27.9 Å². The first-order valence-corrected chi connectivity index (χ1v) is 9.63. The van der Waals surface area contributed by atoms with E-state index in [1.165, 1.54) is 11.8 Å². The number of hydrogen-bond acceptors (Lipinski definition) is 4. The number of imidazole rings is 1. The first-order valence-electron chi connectivity index (χ1n) is 8.82. The smallest absolute Gasteiger partial charge is 0.171 e. The average Bonchev–Trinajstić information content (AvgIpc) is 3.15. The maximum atomic E-state index is 9.60. The molecule has 0 unspecified atom stereocenters. The van der Waals surface area contributed by atoms with Crippen molar-refractivity contribution in [2.75, 3.05) is 0 Å². The highest BCUT2D eigenvalue weighted by molar-refractivity contribution is 8.03. The highest BCUT2D eigenvalue weighted by Crippen LogP contribution is 2.30. The Morgan fingerprint density at radius 3 is 2.57 bits per heavy atom. The summed E-state index contributed by atoms with van der Waals surface area (Å²) in [5, 5.41) is 10.3. The largest absolute Gasteiger partial charge is 0.488 e. The first kappa shape index (κ1) is 17.9. The molecule has 5 heteroatoms. The molecule has 0 aliphatic heterocycles. The molecule has 0 bridgehead atoms. The fourth-order valence-electron chi connectivity index (χ4n) is 2.77. The van der Waals surface area contributed by atoms with Crippen LogP contribution in [0.4, 0.5) is 0 Å². The summed E-state index contributed by atoms with van der Waals surface area (Å²) in [7, 11) is 0. The van der Waals surface area contributed by atoms with Crippen LogP contribution in [0.25, 0.3) is 17.1 Å². The molecule has 1 heterocycles. The fraction of sp³-hybridized carbons (Fsp3) is 0.0435. The van der Waals surface area contributed by atoms with E-state index in [1.54, 1.807) is 0 Å². The molecule has 0 spiro atoms. The third kappa shape index (κ3) is 4.25. The SMILES string of the molecule is N#C/C(=C/c1ccccc1OCc1ccccc1)Sc1nc2ccccc2[nH]1. The minimum atomic E-state index is 0.476. The van der Waals surface area contributed by atoms with Crippen LogP contribution in [-0.4, -0.2) is 9.97 Å². The Labute approximate surface area is 167 Å². The van der Waals surface area contributed by atoms with Crippen molar-refractivity contribution in [3.05, 3.63) is 94.9 Å². The summed E-state index contributed by atoms with van der Waals surface area (Å²) < 4.78 is 5.98. The molecule has 4 rings (SSSR count). The van der Waals surface area contributed by atoms with Gasteiger partial charge in [0.2, 0.25) is 0 Å². The van der Waals surface area contributed by atoms with Gasteiger partial charge in [-0.25, -0.2) is 4.98 Å². The molecule has 0 radical (unpaired) electrons. The lowest BCUT2D eigenvalue weighted by atomic mass is 10.2. The summed E-state index contributed by atoms with van der Waals surface area (Å²) in [6.07, 6.45) is 1.83. The zero-order valence-corrected chi connectivity index (χ0v) is 15.8.